The highest BCUT2D eigenvalue weighted by Crippen LogP contribution is 2.25. The van der Waals surface area contributed by atoms with Crippen LogP contribution < -0.4 is 11.1 Å². The van der Waals surface area contributed by atoms with Gasteiger partial charge in [-0.25, -0.2) is 0 Å². The highest BCUT2D eigenvalue weighted by Gasteiger charge is 2.33. The molecule has 3 N–H and O–H groups in total. The standard InChI is InChI=1S/C13H24N4OS.ClH/c1-5-13(6-2,8-14)12(18)15-7-10-16-17-11(19-10)9(3)4;/h9H,5-8,14H2,1-4H3,(H,15,18);1H. The Labute approximate surface area is 131 Å². The smallest absolute Gasteiger partial charge is 0.227 e. The normalized spacial score (nSPS) is 11.3. The second-order valence-electron chi connectivity index (χ2n) is 5.06. The summed E-state index contributed by atoms with van der Waals surface area (Å²) in [6, 6.07) is 0. The van der Waals surface area contributed by atoms with Gasteiger partial charge in [-0.15, -0.1) is 22.6 Å². The summed E-state index contributed by atoms with van der Waals surface area (Å²) in [5, 5.41) is 13.0. The zero-order valence-corrected chi connectivity index (χ0v) is 14.2. The Morgan fingerprint density at radius 1 is 1.35 bits per heavy atom. The van der Waals surface area contributed by atoms with Crippen LogP contribution in [0.25, 0.3) is 0 Å². The number of nitrogens with zero attached hydrogens (tertiary/aromatic N) is 2. The van der Waals surface area contributed by atoms with Crippen molar-refractivity contribution in [1.29, 1.82) is 0 Å². The first kappa shape index (κ1) is 19.3. The van der Waals surface area contributed by atoms with Crippen LogP contribution in [0.3, 0.4) is 0 Å². The molecule has 0 aliphatic carbocycles. The Balaban J connectivity index is 0.00000361. The van der Waals surface area contributed by atoms with Crippen LogP contribution >= 0.6 is 23.7 Å². The third-order valence-electron chi connectivity index (χ3n) is 3.60. The second-order valence-corrected chi connectivity index (χ2v) is 6.16. The van der Waals surface area contributed by atoms with Gasteiger partial charge >= 0.3 is 0 Å². The highest BCUT2D eigenvalue weighted by molar-refractivity contribution is 7.11. The molecule has 0 atom stereocenters. The number of hydrogen-bond donors (Lipinski definition) is 2. The fourth-order valence-electron chi connectivity index (χ4n) is 1.87. The highest BCUT2D eigenvalue weighted by atomic mass is 35.5. The monoisotopic (exact) mass is 320 g/mol. The molecule has 1 aromatic heterocycles. The van der Waals surface area contributed by atoms with Crippen LogP contribution in [-0.2, 0) is 11.3 Å². The lowest BCUT2D eigenvalue weighted by atomic mass is 9.81. The first-order valence-electron chi connectivity index (χ1n) is 6.79. The molecule has 1 aromatic rings. The molecule has 0 saturated heterocycles. The zero-order valence-electron chi connectivity index (χ0n) is 12.6. The summed E-state index contributed by atoms with van der Waals surface area (Å²) in [5.41, 5.74) is 5.30. The summed E-state index contributed by atoms with van der Waals surface area (Å²) in [7, 11) is 0. The molecule has 0 spiro atoms. The summed E-state index contributed by atoms with van der Waals surface area (Å²) in [4.78, 5) is 12.2. The molecule has 0 aliphatic heterocycles. The number of halogens is 1. The number of nitrogens with one attached hydrogen (secondary N) is 1. The van der Waals surface area contributed by atoms with Gasteiger partial charge in [0.15, 0.2) is 0 Å². The van der Waals surface area contributed by atoms with Crippen molar-refractivity contribution < 1.29 is 4.79 Å². The number of nitrogens with two attached hydrogens (primary N) is 1. The van der Waals surface area contributed by atoms with Crippen LogP contribution in [0.4, 0.5) is 0 Å². The molecule has 1 amide bonds. The van der Waals surface area contributed by atoms with Crippen LogP contribution in [0, 0.1) is 5.41 Å². The first-order valence-corrected chi connectivity index (χ1v) is 7.61. The second kappa shape index (κ2) is 8.54. The molecule has 0 fully saturated rings. The van der Waals surface area contributed by atoms with E-state index >= 15 is 0 Å². The topological polar surface area (TPSA) is 80.9 Å². The Morgan fingerprint density at radius 3 is 2.35 bits per heavy atom. The largest absolute Gasteiger partial charge is 0.349 e. The Bertz CT molecular complexity index is 410. The minimum absolute atomic E-state index is 0. The number of aromatic nitrogens is 2. The summed E-state index contributed by atoms with van der Waals surface area (Å²) < 4.78 is 0. The molecule has 0 saturated carbocycles. The quantitative estimate of drug-likeness (QED) is 0.808. The van der Waals surface area contributed by atoms with Crippen molar-refractivity contribution in [3.05, 3.63) is 10.0 Å². The summed E-state index contributed by atoms with van der Waals surface area (Å²) in [6.07, 6.45) is 1.50. The van der Waals surface area contributed by atoms with Crippen molar-refractivity contribution in [2.45, 2.75) is 53.0 Å². The van der Waals surface area contributed by atoms with Crippen molar-refractivity contribution in [2.75, 3.05) is 6.54 Å². The Kier molecular flexibility index (Phi) is 8.23. The zero-order chi connectivity index (χ0) is 14.5. The van der Waals surface area contributed by atoms with E-state index in [0.29, 0.717) is 19.0 Å². The molecule has 0 bridgehead atoms. The van der Waals surface area contributed by atoms with E-state index in [1.54, 1.807) is 11.3 Å². The van der Waals surface area contributed by atoms with Crippen LogP contribution in [-0.4, -0.2) is 22.6 Å². The first-order chi connectivity index (χ1) is 8.99. The van der Waals surface area contributed by atoms with Gasteiger partial charge in [-0.2, -0.15) is 0 Å². The van der Waals surface area contributed by atoms with Gasteiger partial charge in [0.2, 0.25) is 5.91 Å². The Hall–Kier alpha value is -0.720. The van der Waals surface area contributed by atoms with Gasteiger partial charge in [0.05, 0.1) is 12.0 Å². The Morgan fingerprint density at radius 2 is 1.95 bits per heavy atom. The van der Waals surface area contributed by atoms with Crippen molar-refractivity contribution in [3.8, 4) is 0 Å². The maximum atomic E-state index is 12.2. The molecule has 0 radical (unpaired) electrons. The number of carbonyl (C=O) groups is 1. The molecule has 7 heteroatoms. The van der Waals surface area contributed by atoms with Gasteiger partial charge < -0.3 is 11.1 Å². The van der Waals surface area contributed by atoms with Gasteiger partial charge in [0.25, 0.3) is 0 Å². The van der Waals surface area contributed by atoms with Crippen molar-refractivity contribution in [1.82, 2.24) is 15.5 Å². The fraction of sp³-hybridized carbons (Fsp3) is 0.769. The van der Waals surface area contributed by atoms with Crippen LogP contribution in [0.1, 0.15) is 56.5 Å². The molecule has 0 aromatic carbocycles. The summed E-state index contributed by atoms with van der Waals surface area (Å²) in [6.45, 7) is 8.96. The molecule has 20 heavy (non-hydrogen) atoms. The van der Waals surface area contributed by atoms with Crippen molar-refractivity contribution in [2.24, 2.45) is 11.1 Å². The maximum absolute atomic E-state index is 12.2. The number of rotatable bonds is 7. The van der Waals surface area contributed by atoms with E-state index in [2.05, 4.69) is 29.4 Å². The van der Waals surface area contributed by atoms with E-state index in [4.69, 9.17) is 5.73 Å². The minimum Gasteiger partial charge on any atom is -0.349 e. The lowest BCUT2D eigenvalue weighted by Gasteiger charge is -2.28. The molecule has 116 valence electrons. The van der Waals surface area contributed by atoms with Crippen molar-refractivity contribution >= 4 is 29.7 Å². The van der Waals surface area contributed by atoms with Gasteiger partial charge in [-0.1, -0.05) is 39.0 Å². The molecule has 5 nitrogen and oxygen atoms in total. The molecule has 0 unspecified atom stereocenters. The van der Waals surface area contributed by atoms with E-state index in [1.807, 2.05) is 13.8 Å². The van der Waals surface area contributed by atoms with E-state index in [0.717, 1.165) is 22.9 Å². The molecule has 1 heterocycles. The van der Waals surface area contributed by atoms with E-state index in [9.17, 15) is 4.79 Å². The molecular formula is C13H25ClN4OS. The predicted octanol–water partition coefficient (Wildman–Crippen LogP) is 2.46. The third-order valence-corrected chi connectivity index (χ3v) is 4.83. The predicted molar refractivity (Wildman–Crippen MR) is 85.2 cm³/mol. The fourth-order valence-corrected chi connectivity index (χ4v) is 2.65. The van der Waals surface area contributed by atoms with Crippen LogP contribution in [0.15, 0.2) is 0 Å². The van der Waals surface area contributed by atoms with E-state index in [1.165, 1.54) is 0 Å². The SMILES string of the molecule is CCC(CC)(CN)C(=O)NCc1nnc(C(C)C)s1.Cl. The average Bonchev–Trinajstić information content (AvgIpc) is 2.88. The summed E-state index contributed by atoms with van der Waals surface area (Å²) >= 11 is 1.55. The maximum Gasteiger partial charge on any atom is 0.227 e. The number of carbonyl (C=O) groups excluding carboxylic acids is 1. The molecular weight excluding hydrogens is 296 g/mol. The minimum atomic E-state index is -0.453. The number of amides is 1. The van der Waals surface area contributed by atoms with Gasteiger partial charge in [-0.05, 0) is 12.8 Å². The van der Waals surface area contributed by atoms with Gasteiger partial charge in [0, 0.05) is 12.5 Å². The molecule has 1 rings (SSSR count). The van der Waals surface area contributed by atoms with Gasteiger partial charge in [-0.3, -0.25) is 4.79 Å². The van der Waals surface area contributed by atoms with Gasteiger partial charge in [0.1, 0.15) is 10.0 Å². The van der Waals surface area contributed by atoms with Crippen molar-refractivity contribution in [3.63, 3.8) is 0 Å². The van der Waals surface area contributed by atoms with Crippen LogP contribution in [0.5, 0.6) is 0 Å². The van der Waals surface area contributed by atoms with Crippen LogP contribution in [0.2, 0.25) is 0 Å². The van der Waals surface area contributed by atoms with E-state index in [-0.39, 0.29) is 18.3 Å². The lowest BCUT2D eigenvalue weighted by molar-refractivity contribution is -0.131. The lowest BCUT2D eigenvalue weighted by Crippen LogP contribution is -2.45. The average molecular weight is 321 g/mol. The van der Waals surface area contributed by atoms with E-state index < -0.39 is 5.41 Å². The third kappa shape index (κ3) is 4.40. The number of hydrogen-bond acceptors (Lipinski definition) is 5. The summed E-state index contributed by atoms with van der Waals surface area (Å²) in [5.74, 6) is 0.387. The molecule has 0 aliphatic rings.